The lowest BCUT2D eigenvalue weighted by molar-refractivity contribution is -0.138. The number of benzene rings is 3. The van der Waals surface area contributed by atoms with Gasteiger partial charge in [0.05, 0.1) is 22.3 Å². The number of ketones is 1. The molecule has 0 bridgehead atoms. The predicted molar refractivity (Wildman–Crippen MR) is 153 cm³/mol. The standard InChI is InChI=1S/C29H29ClN4O4S/c1-17(31-18(2)27-32-23-7-5-6-8-24(23)39-27)26(36)33-34-28(37)29(3,4)38-22-15-11-20(12-16-22)25(35)19-9-13-21(30)14-10-19/h5-18,31H,1-4H3,(H,33,36)(H,34,37). The molecule has 4 rings (SSSR count). The molecule has 0 aliphatic carbocycles. The molecule has 3 N–H and O–H groups in total. The van der Waals surface area contributed by atoms with Gasteiger partial charge in [-0.15, -0.1) is 11.3 Å². The van der Waals surface area contributed by atoms with E-state index in [1.165, 1.54) is 0 Å². The van der Waals surface area contributed by atoms with Crippen LogP contribution < -0.4 is 20.9 Å². The molecule has 0 fully saturated rings. The quantitative estimate of drug-likeness (QED) is 0.190. The lowest BCUT2D eigenvalue weighted by atomic mass is 10.0. The Bertz CT molecular complexity index is 1450. The van der Waals surface area contributed by atoms with Crippen LogP contribution in [0.15, 0.2) is 72.8 Å². The van der Waals surface area contributed by atoms with Gasteiger partial charge in [-0.1, -0.05) is 23.7 Å². The maximum absolute atomic E-state index is 12.8. The molecule has 0 saturated heterocycles. The number of ether oxygens (including phenoxy) is 1. The Morgan fingerprint density at radius 2 is 1.51 bits per heavy atom. The molecule has 2 atom stereocenters. The largest absolute Gasteiger partial charge is 0.478 e. The lowest BCUT2D eigenvalue weighted by Crippen LogP contribution is -2.56. The fourth-order valence-corrected chi connectivity index (χ4v) is 4.86. The number of hydrazine groups is 1. The molecule has 3 aromatic carbocycles. The topological polar surface area (TPSA) is 109 Å². The monoisotopic (exact) mass is 564 g/mol. The Balaban J connectivity index is 1.28. The van der Waals surface area contributed by atoms with E-state index in [1.54, 1.807) is 80.6 Å². The SMILES string of the molecule is CC(NC(C)c1nc2ccccc2s1)C(=O)NNC(=O)C(C)(C)Oc1ccc(C(=O)c2ccc(Cl)cc2)cc1. The first-order valence-electron chi connectivity index (χ1n) is 12.3. The van der Waals surface area contributed by atoms with Crippen LogP contribution in [0.2, 0.25) is 5.02 Å². The molecule has 10 heteroatoms. The fraction of sp³-hybridized carbons (Fsp3) is 0.241. The number of thiazole rings is 1. The number of fused-ring (bicyclic) bond motifs is 1. The van der Waals surface area contributed by atoms with E-state index in [0.29, 0.717) is 21.9 Å². The third kappa shape index (κ3) is 7.00. The second-order valence-corrected chi connectivity index (χ2v) is 11.0. The molecule has 1 aromatic heterocycles. The van der Waals surface area contributed by atoms with Crippen molar-refractivity contribution in [3.8, 4) is 5.75 Å². The minimum Gasteiger partial charge on any atom is -0.478 e. The summed E-state index contributed by atoms with van der Waals surface area (Å²) in [4.78, 5) is 42.7. The second-order valence-electron chi connectivity index (χ2n) is 9.55. The molecule has 8 nitrogen and oxygen atoms in total. The summed E-state index contributed by atoms with van der Waals surface area (Å²) in [5.41, 5.74) is 5.48. The van der Waals surface area contributed by atoms with E-state index < -0.39 is 23.5 Å². The van der Waals surface area contributed by atoms with E-state index in [-0.39, 0.29) is 11.8 Å². The average molecular weight is 565 g/mol. The summed E-state index contributed by atoms with van der Waals surface area (Å²) in [7, 11) is 0. The van der Waals surface area contributed by atoms with Crippen molar-refractivity contribution < 1.29 is 19.1 Å². The van der Waals surface area contributed by atoms with Gasteiger partial charge < -0.3 is 4.74 Å². The smallest absolute Gasteiger partial charge is 0.281 e. The van der Waals surface area contributed by atoms with Crippen LogP contribution in [-0.2, 0) is 9.59 Å². The predicted octanol–water partition coefficient (Wildman–Crippen LogP) is 5.22. The first-order chi connectivity index (χ1) is 18.5. The number of para-hydroxylation sites is 1. The van der Waals surface area contributed by atoms with E-state index in [2.05, 4.69) is 21.2 Å². The lowest BCUT2D eigenvalue weighted by Gasteiger charge is -2.26. The van der Waals surface area contributed by atoms with Crippen molar-refractivity contribution in [3.63, 3.8) is 0 Å². The molecular formula is C29H29ClN4O4S. The van der Waals surface area contributed by atoms with Crippen molar-refractivity contribution >= 4 is 50.8 Å². The van der Waals surface area contributed by atoms with E-state index in [0.717, 1.165) is 15.2 Å². The Kier molecular flexibility index (Phi) is 8.64. The zero-order valence-electron chi connectivity index (χ0n) is 21.9. The first kappa shape index (κ1) is 28.2. The van der Waals surface area contributed by atoms with Gasteiger partial charge in [-0.3, -0.25) is 30.6 Å². The Hall–Kier alpha value is -3.79. The Morgan fingerprint density at radius 1 is 0.897 bits per heavy atom. The molecule has 4 aromatic rings. The number of carbonyl (C=O) groups is 3. The summed E-state index contributed by atoms with van der Waals surface area (Å²) in [6, 6.07) is 20.2. The minimum atomic E-state index is -1.31. The number of aromatic nitrogens is 1. The van der Waals surface area contributed by atoms with E-state index in [9.17, 15) is 14.4 Å². The van der Waals surface area contributed by atoms with Crippen LogP contribution in [0.1, 0.15) is 54.7 Å². The van der Waals surface area contributed by atoms with E-state index >= 15 is 0 Å². The number of hydrogen-bond donors (Lipinski definition) is 3. The average Bonchev–Trinajstić information content (AvgIpc) is 3.36. The third-order valence-corrected chi connectivity index (χ3v) is 7.49. The van der Waals surface area contributed by atoms with Gasteiger partial charge in [-0.25, -0.2) is 4.98 Å². The summed E-state index contributed by atoms with van der Waals surface area (Å²) in [6.07, 6.45) is 0. The van der Waals surface area contributed by atoms with Crippen LogP contribution in [0.4, 0.5) is 0 Å². The van der Waals surface area contributed by atoms with Gasteiger partial charge in [-0.2, -0.15) is 0 Å². The summed E-state index contributed by atoms with van der Waals surface area (Å²) < 4.78 is 6.93. The highest BCUT2D eigenvalue weighted by molar-refractivity contribution is 7.18. The van der Waals surface area contributed by atoms with Gasteiger partial charge in [0.25, 0.3) is 11.8 Å². The summed E-state index contributed by atoms with van der Waals surface area (Å²) in [5.74, 6) is -0.701. The molecule has 0 aliphatic heterocycles. The molecule has 0 saturated carbocycles. The fourth-order valence-electron chi connectivity index (χ4n) is 3.76. The van der Waals surface area contributed by atoms with E-state index in [4.69, 9.17) is 16.3 Å². The van der Waals surface area contributed by atoms with Gasteiger partial charge in [0.1, 0.15) is 10.8 Å². The van der Waals surface area contributed by atoms with Crippen molar-refractivity contribution in [3.05, 3.63) is 94.0 Å². The first-order valence-corrected chi connectivity index (χ1v) is 13.5. The van der Waals surface area contributed by atoms with E-state index in [1.807, 2.05) is 31.2 Å². The highest BCUT2D eigenvalue weighted by Crippen LogP contribution is 2.26. The van der Waals surface area contributed by atoms with Gasteiger partial charge in [0, 0.05) is 16.1 Å². The van der Waals surface area contributed by atoms with Gasteiger partial charge in [0.2, 0.25) is 0 Å². The molecule has 2 unspecified atom stereocenters. The molecule has 202 valence electrons. The van der Waals surface area contributed by atoms with Crippen LogP contribution in [0.5, 0.6) is 5.75 Å². The van der Waals surface area contributed by atoms with Crippen LogP contribution in [0.3, 0.4) is 0 Å². The molecule has 39 heavy (non-hydrogen) atoms. The van der Waals surface area contributed by atoms with Crippen molar-refractivity contribution in [2.75, 3.05) is 0 Å². The van der Waals surface area contributed by atoms with Gasteiger partial charge in [-0.05, 0) is 88.4 Å². The number of amides is 2. The number of hydrogen-bond acceptors (Lipinski definition) is 7. The van der Waals surface area contributed by atoms with Crippen LogP contribution >= 0.6 is 22.9 Å². The second kappa shape index (κ2) is 11.9. The third-order valence-electron chi connectivity index (χ3n) is 6.02. The highest BCUT2D eigenvalue weighted by Gasteiger charge is 2.31. The Morgan fingerprint density at radius 3 is 2.15 bits per heavy atom. The summed E-state index contributed by atoms with van der Waals surface area (Å²) in [5, 5.41) is 4.63. The summed E-state index contributed by atoms with van der Waals surface area (Å²) >= 11 is 7.46. The van der Waals surface area contributed by atoms with Crippen LogP contribution in [0, 0.1) is 0 Å². The molecule has 0 spiro atoms. The minimum absolute atomic E-state index is 0.155. The van der Waals surface area contributed by atoms with Crippen molar-refractivity contribution in [2.24, 2.45) is 0 Å². The molecule has 1 heterocycles. The highest BCUT2D eigenvalue weighted by atomic mass is 35.5. The maximum atomic E-state index is 12.8. The Labute approximate surface area is 235 Å². The summed E-state index contributed by atoms with van der Waals surface area (Å²) in [6.45, 7) is 6.81. The maximum Gasteiger partial charge on any atom is 0.281 e. The van der Waals surface area contributed by atoms with Gasteiger partial charge in [0.15, 0.2) is 11.4 Å². The molecule has 0 aliphatic rings. The molecule has 0 radical (unpaired) electrons. The number of halogens is 1. The molecule has 2 amide bonds. The molecular weight excluding hydrogens is 536 g/mol. The van der Waals surface area contributed by atoms with Crippen molar-refractivity contribution in [1.29, 1.82) is 0 Å². The normalized spacial score (nSPS) is 12.9. The van der Waals surface area contributed by atoms with Crippen LogP contribution in [-0.4, -0.2) is 34.2 Å². The number of nitrogens with one attached hydrogen (secondary N) is 3. The zero-order chi connectivity index (χ0) is 28.2. The number of nitrogens with zero attached hydrogens (tertiary/aromatic N) is 1. The number of carbonyl (C=O) groups excluding carboxylic acids is 3. The van der Waals surface area contributed by atoms with Crippen molar-refractivity contribution in [1.82, 2.24) is 21.2 Å². The van der Waals surface area contributed by atoms with Crippen molar-refractivity contribution in [2.45, 2.75) is 45.4 Å². The van der Waals surface area contributed by atoms with Gasteiger partial charge >= 0.3 is 0 Å². The zero-order valence-corrected chi connectivity index (χ0v) is 23.5. The van der Waals surface area contributed by atoms with Crippen LogP contribution in [0.25, 0.3) is 10.2 Å². The number of rotatable bonds is 9.